The quantitative estimate of drug-likeness (QED) is 0.597. The molecule has 0 saturated heterocycles. The predicted octanol–water partition coefficient (Wildman–Crippen LogP) is 2.54. The predicted molar refractivity (Wildman–Crippen MR) is 83.5 cm³/mol. The molecule has 0 spiro atoms. The second kappa shape index (κ2) is 7.67. The number of nitrogens with one attached hydrogen (secondary N) is 1. The summed E-state index contributed by atoms with van der Waals surface area (Å²) in [4.78, 5) is 23.6. The molecule has 0 bridgehead atoms. The Hall–Kier alpha value is -2.04. The Kier molecular flexibility index (Phi) is 6.21. The molecule has 2 unspecified atom stereocenters. The summed E-state index contributed by atoms with van der Waals surface area (Å²) in [5, 5.41) is 2.89. The lowest BCUT2D eigenvalue weighted by Gasteiger charge is -2.19. The Morgan fingerprint density at radius 1 is 1.33 bits per heavy atom. The topological polar surface area (TPSA) is 81.4 Å². The van der Waals surface area contributed by atoms with Crippen molar-refractivity contribution in [3.63, 3.8) is 0 Å². The van der Waals surface area contributed by atoms with Crippen molar-refractivity contribution in [1.29, 1.82) is 0 Å². The molecule has 0 aromatic heterocycles. The van der Waals surface area contributed by atoms with Crippen molar-refractivity contribution >= 4 is 17.4 Å². The molecule has 1 aromatic rings. The van der Waals surface area contributed by atoms with Crippen LogP contribution in [0.15, 0.2) is 18.2 Å². The first-order valence-corrected chi connectivity index (χ1v) is 7.22. The fourth-order valence-corrected chi connectivity index (χ4v) is 2.03. The van der Waals surface area contributed by atoms with Crippen molar-refractivity contribution in [2.24, 2.45) is 0 Å². The van der Waals surface area contributed by atoms with Crippen LogP contribution >= 0.6 is 0 Å². The number of hydrogen-bond donors (Lipinski definition) is 2. The molecule has 1 aromatic carbocycles. The molecular weight excluding hydrogens is 268 g/mol. The van der Waals surface area contributed by atoms with Gasteiger partial charge in [0.15, 0.2) is 11.9 Å². The van der Waals surface area contributed by atoms with Gasteiger partial charge in [-0.25, -0.2) is 0 Å². The van der Waals surface area contributed by atoms with E-state index >= 15 is 0 Å². The maximum absolute atomic E-state index is 12.0. The highest BCUT2D eigenvalue weighted by atomic mass is 16.5. The molecule has 116 valence electrons. The van der Waals surface area contributed by atoms with Crippen molar-refractivity contribution in [2.75, 3.05) is 5.73 Å². The van der Waals surface area contributed by atoms with Gasteiger partial charge in [0.2, 0.25) is 0 Å². The first kappa shape index (κ1) is 17.0. The molecule has 1 rings (SSSR count). The summed E-state index contributed by atoms with van der Waals surface area (Å²) in [6, 6.07) is 4.92. The number of benzene rings is 1. The van der Waals surface area contributed by atoms with Crippen molar-refractivity contribution in [2.45, 2.75) is 52.7 Å². The fourth-order valence-electron chi connectivity index (χ4n) is 2.03. The van der Waals surface area contributed by atoms with Gasteiger partial charge in [0.05, 0.1) is 5.56 Å². The molecule has 0 heterocycles. The maximum Gasteiger partial charge on any atom is 0.260 e. The second-order valence-corrected chi connectivity index (χ2v) is 5.27. The number of amides is 1. The molecule has 21 heavy (non-hydrogen) atoms. The summed E-state index contributed by atoms with van der Waals surface area (Å²) in [7, 11) is 0. The Labute approximate surface area is 125 Å². The molecule has 0 saturated carbocycles. The van der Waals surface area contributed by atoms with E-state index < -0.39 is 6.10 Å². The summed E-state index contributed by atoms with van der Waals surface area (Å²) in [5.41, 5.74) is 6.54. The Bertz CT molecular complexity index is 514. The van der Waals surface area contributed by atoms with Crippen LogP contribution in [0.4, 0.5) is 5.69 Å². The first-order valence-electron chi connectivity index (χ1n) is 7.22. The largest absolute Gasteiger partial charge is 0.480 e. The third-order valence-electron chi connectivity index (χ3n) is 3.17. The van der Waals surface area contributed by atoms with Gasteiger partial charge in [0, 0.05) is 11.7 Å². The van der Waals surface area contributed by atoms with Crippen LogP contribution in [0.5, 0.6) is 5.75 Å². The molecule has 5 heteroatoms. The van der Waals surface area contributed by atoms with E-state index in [9.17, 15) is 9.59 Å². The summed E-state index contributed by atoms with van der Waals surface area (Å²) < 4.78 is 5.61. The molecule has 0 aliphatic carbocycles. The summed E-state index contributed by atoms with van der Waals surface area (Å²) in [6.45, 7) is 7.12. The SMILES string of the molecule is CCCC(C)NC(=O)C(C)Oc1ccc(N)cc1C(C)=O. The van der Waals surface area contributed by atoms with E-state index in [1.165, 1.54) is 6.92 Å². The van der Waals surface area contributed by atoms with Crippen molar-refractivity contribution in [1.82, 2.24) is 5.32 Å². The highest BCUT2D eigenvalue weighted by molar-refractivity contribution is 5.97. The number of ketones is 1. The van der Waals surface area contributed by atoms with Crippen LogP contribution in [-0.4, -0.2) is 23.8 Å². The number of nitrogens with two attached hydrogens (primary N) is 1. The van der Waals surface area contributed by atoms with Crippen LogP contribution in [0.1, 0.15) is 50.9 Å². The van der Waals surface area contributed by atoms with Gasteiger partial charge >= 0.3 is 0 Å². The van der Waals surface area contributed by atoms with E-state index in [0.717, 1.165) is 12.8 Å². The summed E-state index contributed by atoms with van der Waals surface area (Å²) in [6.07, 6.45) is 1.24. The number of carbonyl (C=O) groups excluding carboxylic acids is 2. The van der Waals surface area contributed by atoms with Crippen LogP contribution in [0, 0.1) is 0 Å². The Balaban J connectivity index is 2.76. The van der Waals surface area contributed by atoms with Crippen molar-refractivity contribution in [3.05, 3.63) is 23.8 Å². The number of anilines is 1. The van der Waals surface area contributed by atoms with Gasteiger partial charge in [-0.1, -0.05) is 13.3 Å². The molecule has 0 fully saturated rings. The highest BCUT2D eigenvalue weighted by Crippen LogP contribution is 2.23. The second-order valence-electron chi connectivity index (χ2n) is 5.27. The van der Waals surface area contributed by atoms with E-state index in [1.807, 2.05) is 6.92 Å². The van der Waals surface area contributed by atoms with Crippen LogP contribution < -0.4 is 15.8 Å². The summed E-state index contributed by atoms with van der Waals surface area (Å²) >= 11 is 0. The van der Waals surface area contributed by atoms with Crippen LogP contribution in [0.2, 0.25) is 0 Å². The normalized spacial score (nSPS) is 13.3. The zero-order valence-electron chi connectivity index (χ0n) is 13.1. The van der Waals surface area contributed by atoms with E-state index in [0.29, 0.717) is 17.0 Å². The minimum absolute atomic E-state index is 0.104. The van der Waals surface area contributed by atoms with Crippen LogP contribution in [0.25, 0.3) is 0 Å². The number of carbonyl (C=O) groups is 2. The number of nitrogen functional groups attached to an aromatic ring is 1. The monoisotopic (exact) mass is 292 g/mol. The van der Waals surface area contributed by atoms with E-state index in [-0.39, 0.29) is 17.7 Å². The van der Waals surface area contributed by atoms with Crippen LogP contribution in [-0.2, 0) is 4.79 Å². The lowest BCUT2D eigenvalue weighted by Crippen LogP contribution is -2.41. The lowest BCUT2D eigenvalue weighted by molar-refractivity contribution is -0.127. The average Bonchev–Trinajstić information content (AvgIpc) is 2.40. The Morgan fingerprint density at radius 3 is 2.57 bits per heavy atom. The number of hydrogen-bond acceptors (Lipinski definition) is 4. The number of ether oxygens (including phenoxy) is 1. The minimum atomic E-state index is -0.675. The van der Waals surface area contributed by atoms with Gasteiger partial charge in [0.25, 0.3) is 5.91 Å². The van der Waals surface area contributed by atoms with Crippen molar-refractivity contribution in [3.8, 4) is 5.75 Å². The van der Waals surface area contributed by atoms with Gasteiger partial charge in [-0.05, 0) is 45.4 Å². The zero-order valence-corrected chi connectivity index (χ0v) is 13.1. The Morgan fingerprint density at radius 2 is 2.00 bits per heavy atom. The smallest absolute Gasteiger partial charge is 0.260 e. The van der Waals surface area contributed by atoms with Gasteiger partial charge in [-0.3, -0.25) is 9.59 Å². The standard InChI is InChI=1S/C16H24N2O3/c1-5-6-10(2)18-16(20)12(4)21-15-8-7-13(17)9-14(15)11(3)19/h7-10,12H,5-6,17H2,1-4H3,(H,18,20). The summed E-state index contributed by atoms with van der Waals surface area (Å²) in [5.74, 6) is 0.0361. The zero-order chi connectivity index (χ0) is 16.0. The third-order valence-corrected chi connectivity index (χ3v) is 3.17. The first-order chi connectivity index (χ1) is 9.85. The molecule has 5 nitrogen and oxygen atoms in total. The lowest BCUT2D eigenvalue weighted by atomic mass is 10.1. The molecule has 2 atom stereocenters. The highest BCUT2D eigenvalue weighted by Gasteiger charge is 2.19. The van der Waals surface area contributed by atoms with Gasteiger partial charge in [-0.2, -0.15) is 0 Å². The molecule has 0 aliphatic rings. The van der Waals surface area contributed by atoms with Gasteiger partial charge < -0.3 is 15.8 Å². The third kappa shape index (κ3) is 5.10. The van der Waals surface area contributed by atoms with E-state index in [1.54, 1.807) is 25.1 Å². The number of Topliss-reactive ketones (excluding diaryl/α,β-unsaturated/α-hetero) is 1. The van der Waals surface area contributed by atoms with Gasteiger partial charge in [-0.15, -0.1) is 0 Å². The van der Waals surface area contributed by atoms with E-state index in [2.05, 4.69) is 12.2 Å². The molecule has 0 radical (unpaired) electrons. The molecule has 3 N–H and O–H groups in total. The molecule has 1 amide bonds. The van der Waals surface area contributed by atoms with Crippen LogP contribution in [0.3, 0.4) is 0 Å². The molecule has 0 aliphatic heterocycles. The van der Waals surface area contributed by atoms with E-state index in [4.69, 9.17) is 10.5 Å². The molecular formula is C16H24N2O3. The van der Waals surface area contributed by atoms with Crippen molar-refractivity contribution < 1.29 is 14.3 Å². The number of rotatable bonds is 7. The maximum atomic E-state index is 12.0. The minimum Gasteiger partial charge on any atom is -0.480 e. The van der Waals surface area contributed by atoms with Gasteiger partial charge in [0.1, 0.15) is 5.75 Å². The fraction of sp³-hybridized carbons (Fsp3) is 0.500. The average molecular weight is 292 g/mol.